The molecule has 4 heteroatoms. The second-order valence-corrected chi connectivity index (χ2v) is 21.4. The van der Waals surface area contributed by atoms with Crippen LogP contribution < -0.4 is 5.32 Å². The van der Waals surface area contributed by atoms with Crippen molar-refractivity contribution < 1.29 is 15.0 Å². The molecule has 0 spiro atoms. The van der Waals surface area contributed by atoms with Crippen LogP contribution in [0.4, 0.5) is 0 Å². The Kier molecular flexibility index (Phi) is 61.3. The normalized spacial score (nSPS) is 13.4. The third-order valence-corrected chi connectivity index (χ3v) is 14.3. The molecule has 0 aliphatic carbocycles. The first kappa shape index (κ1) is 70.3. The molecule has 0 fully saturated rings. The van der Waals surface area contributed by atoms with Gasteiger partial charge in [-0.3, -0.25) is 4.79 Å². The lowest BCUT2D eigenvalue weighted by molar-refractivity contribution is -0.123. The number of unbranched alkanes of at least 4 members (excludes halogenated alkanes) is 37. The average Bonchev–Trinajstić information content (AvgIpc) is 3.40. The van der Waals surface area contributed by atoms with Gasteiger partial charge in [-0.1, -0.05) is 317 Å². The van der Waals surface area contributed by atoms with Crippen molar-refractivity contribution in [3.8, 4) is 0 Å². The van der Waals surface area contributed by atoms with Crippen LogP contribution in [0.2, 0.25) is 0 Å². The summed E-state index contributed by atoms with van der Waals surface area (Å²) in [6, 6.07) is -0.649. The first-order chi connectivity index (χ1) is 36.2. The summed E-state index contributed by atoms with van der Waals surface area (Å²) >= 11 is 0. The van der Waals surface area contributed by atoms with Gasteiger partial charge in [0.25, 0.3) is 0 Å². The summed E-state index contributed by atoms with van der Waals surface area (Å²) in [7, 11) is 0. The van der Waals surface area contributed by atoms with Crippen LogP contribution in [-0.4, -0.2) is 34.9 Å². The second kappa shape index (κ2) is 63.6. The second-order valence-electron chi connectivity index (χ2n) is 21.4. The molecule has 1 amide bonds. The summed E-state index contributed by atoms with van der Waals surface area (Å²) < 4.78 is 0. The van der Waals surface area contributed by atoms with E-state index in [1.807, 2.05) is 6.08 Å². The van der Waals surface area contributed by atoms with Crippen molar-refractivity contribution >= 4 is 5.91 Å². The highest BCUT2D eigenvalue weighted by molar-refractivity contribution is 5.76. The van der Waals surface area contributed by atoms with Gasteiger partial charge in [0, 0.05) is 6.42 Å². The summed E-state index contributed by atoms with van der Waals surface area (Å²) in [5.41, 5.74) is 0. The minimum atomic E-state index is -0.874. The van der Waals surface area contributed by atoms with Crippen molar-refractivity contribution in [3.05, 3.63) is 97.2 Å². The number of hydrogen-bond acceptors (Lipinski definition) is 3. The Morgan fingerprint density at radius 2 is 0.616 bits per heavy atom. The number of amides is 1. The molecule has 422 valence electrons. The SMILES string of the molecule is CC/C=C\C/C=C\C/C=C\C/C=C\C/C=C\CCCCCCCCCCCCCCCCCCCCCCCCCC(=O)NC(CO)C(O)/C=C/CC/C=C/CC/C=C/CCCCCCCCCCCCCC. The average molecular weight is 1010 g/mol. The Bertz CT molecular complexity index is 1330. The number of hydrogen-bond donors (Lipinski definition) is 3. The number of carbonyl (C=O) groups excluding carboxylic acids is 1. The lowest BCUT2D eigenvalue weighted by Crippen LogP contribution is -2.45. The zero-order valence-corrected chi connectivity index (χ0v) is 48.6. The molecule has 0 aliphatic rings. The quantitative estimate of drug-likeness (QED) is 0.0420. The molecule has 3 N–H and O–H groups in total. The fourth-order valence-corrected chi connectivity index (χ4v) is 9.48. The van der Waals surface area contributed by atoms with E-state index < -0.39 is 12.1 Å². The minimum Gasteiger partial charge on any atom is -0.394 e. The molecule has 0 heterocycles. The molecule has 0 rings (SSSR count). The van der Waals surface area contributed by atoms with E-state index in [1.54, 1.807) is 6.08 Å². The van der Waals surface area contributed by atoms with Gasteiger partial charge in [-0.25, -0.2) is 0 Å². The number of rotatable bonds is 58. The Balaban J connectivity index is 3.49. The minimum absolute atomic E-state index is 0.0749. The van der Waals surface area contributed by atoms with E-state index in [-0.39, 0.29) is 12.5 Å². The molecule has 0 aromatic rings. The Labute approximate surface area is 455 Å². The van der Waals surface area contributed by atoms with Crippen LogP contribution in [0.3, 0.4) is 0 Å². The first-order valence-electron chi connectivity index (χ1n) is 32.0. The topological polar surface area (TPSA) is 69.6 Å². The summed E-state index contributed by atoms with van der Waals surface area (Å²) in [4.78, 5) is 12.5. The lowest BCUT2D eigenvalue weighted by atomic mass is 10.0. The zero-order valence-electron chi connectivity index (χ0n) is 48.6. The van der Waals surface area contributed by atoms with Gasteiger partial charge >= 0.3 is 0 Å². The van der Waals surface area contributed by atoms with Gasteiger partial charge in [0.15, 0.2) is 0 Å². The van der Waals surface area contributed by atoms with E-state index >= 15 is 0 Å². The van der Waals surface area contributed by atoms with Crippen LogP contribution in [0, 0.1) is 0 Å². The molecule has 0 aromatic carbocycles. The maximum Gasteiger partial charge on any atom is 0.220 e. The standard InChI is InChI=1S/C69H123NO3/c1-3-5-7-9-11-13-15-17-19-21-23-25-27-28-29-30-31-32-33-34-35-36-37-38-39-40-41-42-43-45-47-49-51-53-55-57-59-61-63-65-69(73)70-67(66-71)68(72)64-62-60-58-56-54-52-50-48-46-44-26-24-22-20-18-16-14-12-10-8-6-4-2/h5,7,11,13,17,19,23,25,28-29,46,48,54,56,62,64,67-68,71-72H,3-4,6,8-10,12,14-16,18,20-22,24,26-27,30-45,47,49-53,55,57-61,63,65-66H2,1-2H3,(H,70,73)/b7-5-,13-11-,19-17-,25-23-,29-28-,48-46+,56-54+,64-62+. The van der Waals surface area contributed by atoms with E-state index in [0.29, 0.717) is 6.42 Å². The highest BCUT2D eigenvalue weighted by Gasteiger charge is 2.18. The fraction of sp³-hybridized carbons (Fsp3) is 0.754. The van der Waals surface area contributed by atoms with Gasteiger partial charge in [0.05, 0.1) is 18.8 Å². The van der Waals surface area contributed by atoms with Crippen molar-refractivity contribution in [2.75, 3.05) is 6.61 Å². The number of aliphatic hydroxyl groups is 2. The number of nitrogens with one attached hydrogen (secondary N) is 1. The molecule has 2 unspecified atom stereocenters. The predicted molar refractivity (Wildman–Crippen MR) is 326 cm³/mol. The van der Waals surface area contributed by atoms with Crippen molar-refractivity contribution in [2.24, 2.45) is 0 Å². The van der Waals surface area contributed by atoms with Gasteiger partial charge in [0.1, 0.15) is 0 Å². The van der Waals surface area contributed by atoms with Crippen LogP contribution in [0.1, 0.15) is 316 Å². The maximum atomic E-state index is 12.5. The van der Waals surface area contributed by atoms with Crippen LogP contribution in [0.15, 0.2) is 97.2 Å². The number of aliphatic hydroxyl groups excluding tert-OH is 2. The smallest absolute Gasteiger partial charge is 0.220 e. The molecule has 0 bridgehead atoms. The Hall–Kier alpha value is -2.69. The third-order valence-electron chi connectivity index (χ3n) is 14.3. The van der Waals surface area contributed by atoms with Crippen LogP contribution in [0.25, 0.3) is 0 Å². The molecular weight excluding hydrogens is 891 g/mol. The van der Waals surface area contributed by atoms with Crippen molar-refractivity contribution in [1.82, 2.24) is 5.32 Å². The molecule has 0 saturated carbocycles. The molecule has 0 radical (unpaired) electrons. The van der Waals surface area contributed by atoms with Crippen molar-refractivity contribution in [2.45, 2.75) is 328 Å². The van der Waals surface area contributed by atoms with E-state index in [9.17, 15) is 15.0 Å². The van der Waals surface area contributed by atoms with E-state index in [0.717, 1.165) is 70.6 Å². The molecular formula is C69H123NO3. The monoisotopic (exact) mass is 1010 g/mol. The molecule has 0 saturated heterocycles. The molecule has 4 nitrogen and oxygen atoms in total. The van der Waals surface area contributed by atoms with Crippen LogP contribution in [0.5, 0.6) is 0 Å². The number of allylic oxidation sites excluding steroid dienone is 15. The fourth-order valence-electron chi connectivity index (χ4n) is 9.48. The summed E-state index contributed by atoms with van der Waals surface area (Å²) in [6.45, 7) is 4.20. The van der Waals surface area contributed by atoms with Crippen molar-refractivity contribution in [1.29, 1.82) is 0 Å². The summed E-state index contributed by atoms with van der Waals surface area (Å²) in [6.07, 6.45) is 94.7. The highest BCUT2D eigenvalue weighted by Crippen LogP contribution is 2.17. The van der Waals surface area contributed by atoms with E-state index in [2.05, 4.69) is 104 Å². The maximum absolute atomic E-state index is 12.5. The molecule has 2 atom stereocenters. The van der Waals surface area contributed by atoms with Gasteiger partial charge in [-0.15, -0.1) is 0 Å². The van der Waals surface area contributed by atoms with Gasteiger partial charge in [-0.05, 0) is 89.9 Å². The molecule has 73 heavy (non-hydrogen) atoms. The first-order valence-corrected chi connectivity index (χ1v) is 32.0. The third kappa shape index (κ3) is 60.1. The largest absolute Gasteiger partial charge is 0.394 e. The van der Waals surface area contributed by atoms with Crippen LogP contribution in [-0.2, 0) is 4.79 Å². The molecule has 0 aromatic heterocycles. The summed E-state index contributed by atoms with van der Waals surface area (Å²) in [5, 5.41) is 23.2. The highest BCUT2D eigenvalue weighted by atomic mass is 16.3. The Morgan fingerprint density at radius 1 is 0.342 bits per heavy atom. The number of carbonyl (C=O) groups is 1. The van der Waals surface area contributed by atoms with Gasteiger partial charge in [-0.2, -0.15) is 0 Å². The van der Waals surface area contributed by atoms with Gasteiger partial charge in [0.2, 0.25) is 5.91 Å². The van der Waals surface area contributed by atoms with E-state index in [1.165, 1.54) is 225 Å². The Morgan fingerprint density at radius 3 is 0.959 bits per heavy atom. The van der Waals surface area contributed by atoms with Crippen LogP contribution >= 0.6 is 0 Å². The van der Waals surface area contributed by atoms with Crippen molar-refractivity contribution in [3.63, 3.8) is 0 Å². The predicted octanol–water partition coefficient (Wildman–Crippen LogP) is 21.6. The molecule has 0 aliphatic heterocycles. The summed E-state index contributed by atoms with van der Waals surface area (Å²) in [5.74, 6) is -0.0749. The lowest BCUT2D eigenvalue weighted by Gasteiger charge is -2.19. The van der Waals surface area contributed by atoms with E-state index in [4.69, 9.17) is 0 Å². The van der Waals surface area contributed by atoms with Gasteiger partial charge < -0.3 is 15.5 Å². The zero-order chi connectivity index (χ0) is 52.7.